The molecule has 1 amide bonds. The lowest BCUT2D eigenvalue weighted by Gasteiger charge is -2.43. The molecule has 1 N–H and O–H groups in total. The molecule has 0 saturated carbocycles. The van der Waals surface area contributed by atoms with Crippen molar-refractivity contribution in [2.75, 3.05) is 39.3 Å². The van der Waals surface area contributed by atoms with Gasteiger partial charge in [-0.1, -0.05) is 11.6 Å². The Balaban J connectivity index is 1.45. The summed E-state index contributed by atoms with van der Waals surface area (Å²) >= 11 is 0. The molecule has 0 spiro atoms. The molecule has 0 aromatic rings. The number of nitrogens with zero attached hydrogens (tertiary/aromatic N) is 2. The number of rotatable bonds is 3. The summed E-state index contributed by atoms with van der Waals surface area (Å²) in [5.74, 6) is 0.347. The molecule has 3 aliphatic rings. The molecule has 0 bridgehead atoms. The van der Waals surface area contributed by atoms with Crippen molar-refractivity contribution >= 4 is 5.91 Å². The van der Waals surface area contributed by atoms with Crippen molar-refractivity contribution in [3.05, 3.63) is 11.6 Å². The fraction of sp³-hybridized carbons (Fsp3) is 0.800. The molecule has 19 heavy (non-hydrogen) atoms. The summed E-state index contributed by atoms with van der Waals surface area (Å²) in [6, 6.07) is 0.721. The number of carbonyl (C=O) groups excluding carboxylic acids is 1. The monoisotopic (exact) mass is 263 g/mol. The van der Waals surface area contributed by atoms with E-state index in [1.165, 1.54) is 24.8 Å². The Morgan fingerprint density at radius 1 is 1.21 bits per heavy atom. The molecule has 4 heteroatoms. The van der Waals surface area contributed by atoms with Crippen molar-refractivity contribution < 1.29 is 4.79 Å². The molecule has 4 nitrogen and oxygen atoms in total. The summed E-state index contributed by atoms with van der Waals surface area (Å²) in [6.07, 6.45) is 7.83. The first-order valence-electron chi connectivity index (χ1n) is 7.73. The number of hydrogen-bond acceptors (Lipinski definition) is 3. The Morgan fingerprint density at radius 3 is 2.58 bits per heavy atom. The minimum atomic E-state index is 0.347. The molecule has 0 aromatic carbocycles. The third-order valence-corrected chi connectivity index (χ3v) is 4.71. The lowest BCUT2D eigenvalue weighted by atomic mass is 9.96. The Kier molecular flexibility index (Phi) is 4.18. The molecule has 0 atom stereocenters. The summed E-state index contributed by atoms with van der Waals surface area (Å²) < 4.78 is 0. The van der Waals surface area contributed by atoms with Crippen LogP contribution in [0.25, 0.3) is 0 Å². The van der Waals surface area contributed by atoms with Crippen LogP contribution in [-0.2, 0) is 4.79 Å². The van der Waals surface area contributed by atoms with Gasteiger partial charge < -0.3 is 10.2 Å². The van der Waals surface area contributed by atoms with Crippen LogP contribution < -0.4 is 5.32 Å². The van der Waals surface area contributed by atoms with Gasteiger partial charge in [-0.25, -0.2) is 0 Å². The normalized spacial score (nSPS) is 25.9. The van der Waals surface area contributed by atoms with Crippen molar-refractivity contribution in [2.24, 2.45) is 0 Å². The number of hydrogen-bond donors (Lipinski definition) is 1. The van der Waals surface area contributed by atoms with E-state index < -0.39 is 0 Å². The van der Waals surface area contributed by atoms with Gasteiger partial charge in [0.25, 0.3) is 0 Å². The number of piperazine rings is 1. The molecule has 1 aliphatic carbocycles. The molecule has 3 rings (SSSR count). The minimum Gasteiger partial charge on any atom is -0.340 e. The highest BCUT2D eigenvalue weighted by Gasteiger charge is 2.29. The van der Waals surface area contributed by atoms with Crippen LogP contribution in [0, 0.1) is 0 Å². The first-order chi connectivity index (χ1) is 9.33. The lowest BCUT2D eigenvalue weighted by molar-refractivity contribution is -0.132. The fourth-order valence-electron chi connectivity index (χ4n) is 3.24. The third kappa shape index (κ3) is 3.18. The van der Waals surface area contributed by atoms with Crippen LogP contribution >= 0.6 is 0 Å². The quantitative estimate of drug-likeness (QED) is 0.772. The van der Waals surface area contributed by atoms with Gasteiger partial charge in [-0.15, -0.1) is 0 Å². The van der Waals surface area contributed by atoms with Crippen LogP contribution in [0.3, 0.4) is 0 Å². The average Bonchev–Trinajstić information content (AvgIpc) is 2.39. The maximum atomic E-state index is 12.3. The fourth-order valence-corrected chi connectivity index (χ4v) is 3.24. The smallest absolute Gasteiger partial charge is 0.226 e. The van der Waals surface area contributed by atoms with E-state index in [9.17, 15) is 4.79 Å². The first kappa shape index (κ1) is 13.1. The molecule has 2 fully saturated rings. The van der Waals surface area contributed by atoms with Gasteiger partial charge in [0.2, 0.25) is 5.91 Å². The number of nitrogens with one attached hydrogen (secondary N) is 1. The number of amides is 1. The van der Waals surface area contributed by atoms with Crippen molar-refractivity contribution in [3.8, 4) is 0 Å². The van der Waals surface area contributed by atoms with Gasteiger partial charge in [-0.3, -0.25) is 9.69 Å². The van der Waals surface area contributed by atoms with E-state index in [0.717, 1.165) is 51.7 Å². The molecule has 2 saturated heterocycles. The highest BCUT2D eigenvalue weighted by molar-refractivity contribution is 5.78. The lowest BCUT2D eigenvalue weighted by Crippen LogP contribution is -2.62. The van der Waals surface area contributed by atoms with Gasteiger partial charge in [0, 0.05) is 51.7 Å². The summed E-state index contributed by atoms with van der Waals surface area (Å²) in [7, 11) is 0. The molecule has 0 aromatic heterocycles. The SMILES string of the molecule is O=C(CC1=CCCCC1)N1CCN(C2CNC2)CC1. The minimum absolute atomic E-state index is 0.347. The van der Waals surface area contributed by atoms with E-state index in [4.69, 9.17) is 0 Å². The van der Waals surface area contributed by atoms with Crippen LogP contribution in [0.2, 0.25) is 0 Å². The van der Waals surface area contributed by atoms with Crippen LogP contribution in [0.15, 0.2) is 11.6 Å². The van der Waals surface area contributed by atoms with E-state index in [2.05, 4.69) is 21.2 Å². The highest BCUT2D eigenvalue weighted by Crippen LogP contribution is 2.21. The summed E-state index contributed by atoms with van der Waals surface area (Å²) in [5.41, 5.74) is 1.38. The topological polar surface area (TPSA) is 35.6 Å². The second-order valence-corrected chi connectivity index (χ2v) is 6.01. The van der Waals surface area contributed by atoms with E-state index in [-0.39, 0.29) is 0 Å². The zero-order valence-corrected chi connectivity index (χ0v) is 11.7. The third-order valence-electron chi connectivity index (χ3n) is 4.71. The van der Waals surface area contributed by atoms with E-state index in [1.54, 1.807) is 0 Å². The molecule has 106 valence electrons. The van der Waals surface area contributed by atoms with Gasteiger partial charge in [0.15, 0.2) is 0 Å². The van der Waals surface area contributed by atoms with Gasteiger partial charge in [0.05, 0.1) is 0 Å². The number of carbonyl (C=O) groups is 1. The van der Waals surface area contributed by atoms with E-state index >= 15 is 0 Å². The summed E-state index contributed by atoms with van der Waals surface area (Å²) in [4.78, 5) is 16.9. The van der Waals surface area contributed by atoms with Crippen LogP contribution in [-0.4, -0.2) is 61.0 Å². The average molecular weight is 263 g/mol. The predicted molar refractivity (Wildman–Crippen MR) is 76.0 cm³/mol. The Hall–Kier alpha value is -0.870. The van der Waals surface area contributed by atoms with E-state index in [0.29, 0.717) is 12.3 Å². The summed E-state index contributed by atoms with van der Waals surface area (Å²) in [6.45, 7) is 6.20. The van der Waals surface area contributed by atoms with Gasteiger partial charge in [-0.05, 0) is 25.7 Å². The van der Waals surface area contributed by atoms with Crippen molar-refractivity contribution in [1.29, 1.82) is 0 Å². The molecule has 2 aliphatic heterocycles. The predicted octanol–water partition coefficient (Wildman–Crippen LogP) is 0.993. The molecule has 2 heterocycles. The molecular weight excluding hydrogens is 238 g/mol. The standard InChI is InChI=1S/C15H25N3O/c19-15(10-13-4-2-1-3-5-13)18-8-6-17(7-9-18)14-11-16-12-14/h4,14,16H,1-3,5-12H2. The van der Waals surface area contributed by atoms with E-state index in [1.807, 2.05) is 0 Å². The van der Waals surface area contributed by atoms with Crippen LogP contribution in [0.4, 0.5) is 0 Å². The first-order valence-corrected chi connectivity index (χ1v) is 7.73. The van der Waals surface area contributed by atoms with Gasteiger partial charge >= 0.3 is 0 Å². The van der Waals surface area contributed by atoms with Crippen molar-refractivity contribution in [2.45, 2.75) is 38.1 Å². The molecule has 0 radical (unpaired) electrons. The number of allylic oxidation sites excluding steroid dienone is 1. The molecule has 0 unspecified atom stereocenters. The van der Waals surface area contributed by atoms with Gasteiger partial charge in [0.1, 0.15) is 0 Å². The van der Waals surface area contributed by atoms with Crippen molar-refractivity contribution in [1.82, 2.24) is 15.1 Å². The largest absolute Gasteiger partial charge is 0.340 e. The Labute approximate surface area is 115 Å². The zero-order valence-electron chi connectivity index (χ0n) is 11.7. The second kappa shape index (κ2) is 6.06. The van der Waals surface area contributed by atoms with Gasteiger partial charge in [-0.2, -0.15) is 0 Å². The maximum Gasteiger partial charge on any atom is 0.226 e. The Bertz CT molecular complexity index is 354. The summed E-state index contributed by atoms with van der Waals surface area (Å²) in [5, 5.41) is 3.32. The van der Waals surface area contributed by atoms with Crippen LogP contribution in [0.5, 0.6) is 0 Å². The highest BCUT2D eigenvalue weighted by atomic mass is 16.2. The van der Waals surface area contributed by atoms with Crippen molar-refractivity contribution in [3.63, 3.8) is 0 Å². The second-order valence-electron chi connectivity index (χ2n) is 6.01. The Morgan fingerprint density at radius 2 is 2.00 bits per heavy atom. The molecular formula is C15H25N3O. The maximum absolute atomic E-state index is 12.3. The zero-order chi connectivity index (χ0) is 13.1. The van der Waals surface area contributed by atoms with Crippen LogP contribution in [0.1, 0.15) is 32.1 Å².